The van der Waals surface area contributed by atoms with E-state index in [2.05, 4.69) is 13.8 Å². The Balaban J connectivity index is 0. The largest absolute Gasteiger partial charge is 0.396 e. The van der Waals surface area contributed by atoms with E-state index in [1.165, 1.54) is 51.4 Å². The van der Waals surface area contributed by atoms with Crippen molar-refractivity contribution in [3.8, 4) is 0 Å². The van der Waals surface area contributed by atoms with Gasteiger partial charge in [0, 0.05) is 36.2 Å². The van der Waals surface area contributed by atoms with Crippen LogP contribution in [0.1, 0.15) is 71.6 Å². The van der Waals surface area contributed by atoms with Gasteiger partial charge < -0.3 is 5.11 Å². The van der Waals surface area contributed by atoms with E-state index in [9.17, 15) is 0 Å². The van der Waals surface area contributed by atoms with E-state index < -0.39 is 0 Å². The van der Waals surface area contributed by atoms with E-state index in [-0.39, 0.29) is 29.6 Å². The molecule has 0 unspecified atom stereocenters. The van der Waals surface area contributed by atoms with E-state index in [4.69, 9.17) is 5.11 Å². The predicted octanol–water partition coefficient (Wildman–Crippen LogP) is 3.76. The zero-order valence-corrected chi connectivity index (χ0v) is 13.1. The number of hydrogen-bond acceptors (Lipinski definition) is 1. The summed E-state index contributed by atoms with van der Waals surface area (Å²) < 4.78 is 0. The van der Waals surface area contributed by atoms with Gasteiger partial charge in [0.25, 0.3) is 0 Å². The molecule has 15 heavy (non-hydrogen) atoms. The number of rotatable bonds is 10. The van der Waals surface area contributed by atoms with Crippen molar-refractivity contribution >= 4 is 29.6 Å². The summed E-state index contributed by atoms with van der Waals surface area (Å²) in [5, 5.41) is 8.59. The van der Waals surface area contributed by atoms with Gasteiger partial charge in [-0.15, -0.1) is 0 Å². The van der Waals surface area contributed by atoms with Gasteiger partial charge in [-0.3, -0.25) is 0 Å². The number of aliphatic hydroxyl groups is 1. The van der Waals surface area contributed by atoms with E-state index >= 15 is 0 Å². The molecule has 1 N–H and O–H groups in total. The Bertz CT molecular complexity index is 105. The van der Waals surface area contributed by atoms with Crippen molar-refractivity contribution in [3.63, 3.8) is 0 Å². The fraction of sp³-hybridized carbons (Fsp3) is 1.00. The summed E-state index contributed by atoms with van der Waals surface area (Å²) in [5.74, 6) is 0.875. The van der Waals surface area contributed by atoms with E-state index in [1.807, 2.05) is 0 Å². The molecule has 1 radical (unpaired) electrons. The minimum absolute atomic E-state index is 0. The fourth-order valence-electron chi connectivity index (χ4n) is 1.73. The molecule has 1 nitrogen and oxygen atoms in total. The standard InChI is InChI=1S/C13H28O.Na/c1-13(2)11-9-7-5-3-4-6-8-10-12-14;/h13-14H,3-12H2,1-2H3;. The van der Waals surface area contributed by atoms with Crippen LogP contribution >= 0.6 is 0 Å². The van der Waals surface area contributed by atoms with Crippen LogP contribution in [0.3, 0.4) is 0 Å². The molecular weight excluding hydrogens is 195 g/mol. The summed E-state index contributed by atoms with van der Waals surface area (Å²) in [6.45, 7) is 4.97. The number of aliphatic hydroxyl groups excluding tert-OH is 1. The van der Waals surface area contributed by atoms with Gasteiger partial charge in [-0.25, -0.2) is 0 Å². The Morgan fingerprint density at radius 2 is 1.13 bits per heavy atom. The second-order valence-corrected chi connectivity index (χ2v) is 4.73. The third-order valence-electron chi connectivity index (χ3n) is 2.69. The van der Waals surface area contributed by atoms with Crippen molar-refractivity contribution in [2.45, 2.75) is 71.6 Å². The maximum absolute atomic E-state index is 8.59. The van der Waals surface area contributed by atoms with Crippen LogP contribution in [0.25, 0.3) is 0 Å². The molecular formula is C13H28NaO. The zero-order chi connectivity index (χ0) is 10.6. The molecule has 0 aliphatic heterocycles. The first kappa shape index (κ1) is 18.3. The minimum Gasteiger partial charge on any atom is -0.396 e. The van der Waals surface area contributed by atoms with Gasteiger partial charge >= 0.3 is 0 Å². The Kier molecular flexibility index (Phi) is 18.3. The van der Waals surface area contributed by atoms with Crippen LogP contribution in [0.5, 0.6) is 0 Å². The van der Waals surface area contributed by atoms with E-state index in [0.29, 0.717) is 6.61 Å². The first-order valence-corrected chi connectivity index (χ1v) is 6.38. The molecule has 0 bridgehead atoms. The van der Waals surface area contributed by atoms with Crippen molar-refractivity contribution in [1.29, 1.82) is 0 Å². The first-order chi connectivity index (χ1) is 6.77. The van der Waals surface area contributed by atoms with E-state index in [0.717, 1.165) is 12.3 Å². The summed E-state index contributed by atoms with van der Waals surface area (Å²) in [6.07, 6.45) is 11.9. The number of hydrogen-bond donors (Lipinski definition) is 1. The minimum atomic E-state index is 0. The van der Waals surface area contributed by atoms with Crippen molar-refractivity contribution < 1.29 is 5.11 Å². The van der Waals surface area contributed by atoms with Gasteiger partial charge in [-0.2, -0.15) is 0 Å². The van der Waals surface area contributed by atoms with Crippen LogP contribution in [0.4, 0.5) is 0 Å². The molecule has 0 aliphatic rings. The monoisotopic (exact) mass is 223 g/mol. The Labute approximate surface area is 118 Å². The molecule has 0 amide bonds. The maximum atomic E-state index is 8.59. The predicted molar refractivity (Wildman–Crippen MR) is 69.2 cm³/mol. The molecule has 87 valence electrons. The van der Waals surface area contributed by atoms with Gasteiger partial charge in [0.15, 0.2) is 0 Å². The average molecular weight is 223 g/mol. The third kappa shape index (κ3) is 17.6. The molecule has 0 spiro atoms. The smallest absolute Gasteiger partial charge is 0.0431 e. The molecule has 0 heterocycles. The SMILES string of the molecule is CC(C)CCCCCCCCCCO.[Na]. The Hall–Kier alpha value is 0.960. The zero-order valence-electron chi connectivity index (χ0n) is 11.1. The molecule has 0 aromatic heterocycles. The first-order valence-electron chi connectivity index (χ1n) is 6.38. The average Bonchev–Trinajstić information content (AvgIpc) is 2.15. The summed E-state index contributed by atoms with van der Waals surface area (Å²) in [7, 11) is 0. The van der Waals surface area contributed by atoms with Crippen LogP contribution in [-0.2, 0) is 0 Å². The quantitative estimate of drug-likeness (QED) is 0.441. The topological polar surface area (TPSA) is 20.2 Å². The molecule has 0 aromatic rings. The van der Waals surface area contributed by atoms with Gasteiger partial charge in [0.2, 0.25) is 0 Å². The van der Waals surface area contributed by atoms with Crippen molar-refractivity contribution in [2.75, 3.05) is 6.61 Å². The summed E-state index contributed by atoms with van der Waals surface area (Å²) in [6, 6.07) is 0. The fourth-order valence-corrected chi connectivity index (χ4v) is 1.73. The maximum Gasteiger partial charge on any atom is 0.0431 e. The van der Waals surface area contributed by atoms with Crippen molar-refractivity contribution in [2.24, 2.45) is 5.92 Å². The van der Waals surface area contributed by atoms with Crippen LogP contribution in [0, 0.1) is 5.92 Å². The van der Waals surface area contributed by atoms with Gasteiger partial charge in [0.1, 0.15) is 0 Å². The molecule has 0 atom stereocenters. The summed E-state index contributed by atoms with van der Waals surface area (Å²) >= 11 is 0. The Morgan fingerprint density at radius 1 is 0.733 bits per heavy atom. The van der Waals surface area contributed by atoms with Crippen molar-refractivity contribution in [1.82, 2.24) is 0 Å². The Morgan fingerprint density at radius 3 is 1.53 bits per heavy atom. The van der Waals surface area contributed by atoms with Crippen LogP contribution in [-0.4, -0.2) is 41.3 Å². The van der Waals surface area contributed by atoms with E-state index in [1.54, 1.807) is 0 Å². The molecule has 0 aliphatic carbocycles. The molecule has 2 heteroatoms. The second kappa shape index (κ2) is 15.0. The molecule has 0 aromatic carbocycles. The third-order valence-corrected chi connectivity index (χ3v) is 2.69. The van der Waals surface area contributed by atoms with Gasteiger partial charge in [-0.1, -0.05) is 65.2 Å². The second-order valence-electron chi connectivity index (χ2n) is 4.73. The van der Waals surface area contributed by atoms with Crippen molar-refractivity contribution in [3.05, 3.63) is 0 Å². The van der Waals surface area contributed by atoms with Gasteiger partial charge in [-0.05, 0) is 12.3 Å². The molecule has 0 rings (SSSR count). The molecule has 0 saturated heterocycles. The van der Waals surface area contributed by atoms with Crippen LogP contribution in [0.15, 0.2) is 0 Å². The van der Waals surface area contributed by atoms with Gasteiger partial charge in [0.05, 0.1) is 0 Å². The molecule has 0 saturated carbocycles. The molecule has 0 fully saturated rings. The van der Waals surface area contributed by atoms with Crippen LogP contribution in [0.2, 0.25) is 0 Å². The number of unbranched alkanes of at least 4 members (excludes halogenated alkanes) is 7. The van der Waals surface area contributed by atoms with Crippen LogP contribution < -0.4 is 0 Å². The normalized spacial score (nSPS) is 10.4. The summed E-state index contributed by atoms with van der Waals surface area (Å²) in [4.78, 5) is 0. The summed E-state index contributed by atoms with van der Waals surface area (Å²) in [5.41, 5.74) is 0.